The SMILES string of the molecule is COC(=O)[C@@H]1[C@H](C(=O)OC)[C@H]2C(=O)[C@@H]3[C@H](C(=O)OC)[C@H](C(=O)OC)[C@@H]3C(=O)[C@H]12. The van der Waals surface area contributed by atoms with E-state index in [4.69, 9.17) is 0 Å². The molecule has 3 aliphatic rings. The summed E-state index contributed by atoms with van der Waals surface area (Å²) in [6.07, 6.45) is 0. The van der Waals surface area contributed by atoms with Crippen LogP contribution in [0, 0.1) is 47.3 Å². The topological polar surface area (TPSA) is 139 Å². The van der Waals surface area contributed by atoms with Gasteiger partial charge in [-0.15, -0.1) is 0 Å². The van der Waals surface area contributed by atoms with Crippen molar-refractivity contribution in [3.05, 3.63) is 0 Å². The van der Waals surface area contributed by atoms with Gasteiger partial charge in [-0.25, -0.2) is 0 Å². The molecule has 152 valence electrons. The summed E-state index contributed by atoms with van der Waals surface area (Å²) in [5.74, 6) is -13.4. The van der Waals surface area contributed by atoms with Crippen LogP contribution in [0.15, 0.2) is 0 Å². The van der Waals surface area contributed by atoms with E-state index in [1.165, 1.54) is 0 Å². The third-order valence-corrected chi connectivity index (χ3v) is 6.30. The van der Waals surface area contributed by atoms with Gasteiger partial charge in [0.05, 0.1) is 52.1 Å². The Morgan fingerprint density at radius 1 is 0.500 bits per heavy atom. The number of hydrogen-bond donors (Lipinski definition) is 0. The van der Waals surface area contributed by atoms with Gasteiger partial charge in [-0.2, -0.15) is 0 Å². The highest BCUT2D eigenvalue weighted by atomic mass is 16.5. The van der Waals surface area contributed by atoms with Crippen molar-refractivity contribution in [3.63, 3.8) is 0 Å². The zero-order valence-corrected chi connectivity index (χ0v) is 15.7. The molecule has 3 fully saturated rings. The molecule has 8 atom stereocenters. The summed E-state index contributed by atoms with van der Waals surface area (Å²) in [6, 6.07) is 0. The van der Waals surface area contributed by atoms with Crippen LogP contribution in [0.25, 0.3) is 0 Å². The number of hydrogen-bond acceptors (Lipinski definition) is 10. The van der Waals surface area contributed by atoms with Crippen LogP contribution >= 0.6 is 0 Å². The largest absolute Gasteiger partial charge is 0.469 e. The molecule has 0 heterocycles. The minimum Gasteiger partial charge on any atom is -0.469 e. The molecule has 0 aliphatic heterocycles. The Labute approximate surface area is 159 Å². The predicted molar refractivity (Wildman–Crippen MR) is 86.0 cm³/mol. The second-order valence-corrected chi connectivity index (χ2v) is 7.10. The van der Waals surface area contributed by atoms with Gasteiger partial charge in [-0.1, -0.05) is 0 Å². The minimum absolute atomic E-state index is 0.527. The van der Waals surface area contributed by atoms with Gasteiger partial charge in [0.25, 0.3) is 0 Å². The van der Waals surface area contributed by atoms with Crippen LogP contribution in [0.2, 0.25) is 0 Å². The van der Waals surface area contributed by atoms with Gasteiger partial charge in [0, 0.05) is 23.7 Å². The van der Waals surface area contributed by atoms with E-state index in [1.807, 2.05) is 0 Å². The standard InChI is InChI=1S/C18H20O10/c1-25-15(21)9-5-6(10(9)16(22)26-2)14(20)8-7(13(5)19)11(17(23)27-3)12(8)18(24)28-4/h5-12H,1-4H3/t5-,6-,7-,8+,9+,10-,11-,12+/m0/s1. The number of fused-ring (bicyclic) bond motifs is 2. The molecule has 0 aromatic carbocycles. The maximum Gasteiger partial charge on any atom is 0.310 e. The number of ketones is 2. The van der Waals surface area contributed by atoms with E-state index >= 15 is 0 Å². The number of ether oxygens (including phenoxy) is 4. The molecule has 10 nitrogen and oxygen atoms in total. The molecule has 0 bridgehead atoms. The lowest BCUT2D eigenvalue weighted by Gasteiger charge is -2.59. The van der Waals surface area contributed by atoms with E-state index in [9.17, 15) is 28.8 Å². The van der Waals surface area contributed by atoms with Gasteiger partial charge >= 0.3 is 23.9 Å². The molecule has 0 saturated heterocycles. The van der Waals surface area contributed by atoms with Crippen LogP contribution < -0.4 is 0 Å². The lowest BCUT2D eigenvalue weighted by Crippen LogP contribution is -2.73. The van der Waals surface area contributed by atoms with E-state index in [1.54, 1.807) is 0 Å². The van der Waals surface area contributed by atoms with Gasteiger partial charge in [0.1, 0.15) is 11.6 Å². The predicted octanol–water partition coefficient (Wildman–Crippen LogP) is -1.21. The van der Waals surface area contributed by atoms with E-state index < -0.39 is 82.8 Å². The molecule has 0 amide bonds. The Hall–Kier alpha value is -2.78. The van der Waals surface area contributed by atoms with Gasteiger partial charge in [-0.05, 0) is 0 Å². The lowest BCUT2D eigenvalue weighted by molar-refractivity contribution is -0.208. The van der Waals surface area contributed by atoms with Crippen LogP contribution in [0.4, 0.5) is 0 Å². The Morgan fingerprint density at radius 3 is 0.821 bits per heavy atom. The molecule has 28 heavy (non-hydrogen) atoms. The first-order valence-corrected chi connectivity index (χ1v) is 8.65. The molecule has 0 N–H and O–H groups in total. The second kappa shape index (κ2) is 6.99. The summed E-state index contributed by atoms with van der Waals surface area (Å²) in [7, 11) is 4.43. The number of esters is 4. The van der Waals surface area contributed by atoms with Crippen LogP contribution in [-0.4, -0.2) is 63.9 Å². The first kappa shape index (κ1) is 20.0. The van der Waals surface area contributed by atoms with Crippen molar-refractivity contribution in [1.82, 2.24) is 0 Å². The number of Topliss-reactive ketones (excluding diaryl/α,β-unsaturated/α-hetero) is 2. The Kier molecular flexibility index (Phi) is 4.99. The molecular formula is C18H20O10. The average molecular weight is 396 g/mol. The monoisotopic (exact) mass is 396 g/mol. The fraction of sp³-hybridized carbons (Fsp3) is 0.667. The van der Waals surface area contributed by atoms with Gasteiger partial charge in [0.15, 0.2) is 0 Å². The summed E-state index contributed by atoms with van der Waals surface area (Å²) in [5.41, 5.74) is 0. The molecule has 0 unspecified atom stereocenters. The first-order valence-electron chi connectivity index (χ1n) is 8.65. The van der Waals surface area contributed by atoms with Crippen molar-refractivity contribution < 1.29 is 47.7 Å². The van der Waals surface area contributed by atoms with Crippen molar-refractivity contribution in [2.45, 2.75) is 0 Å². The Morgan fingerprint density at radius 2 is 0.679 bits per heavy atom. The summed E-state index contributed by atoms with van der Waals surface area (Å²) in [6.45, 7) is 0. The normalized spacial score (nSPS) is 38.0. The van der Waals surface area contributed by atoms with E-state index in [0.29, 0.717) is 0 Å². The molecular weight excluding hydrogens is 376 g/mol. The maximum absolute atomic E-state index is 13.1. The number of carbonyl (C=O) groups excluding carboxylic acids is 6. The molecule has 3 aliphatic carbocycles. The zero-order valence-electron chi connectivity index (χ0n) is 15.7. The average Bonchev–Trinajstić information content (AvgIpc) is 2.64. The number of rotatable bonds is 4. The smallest absolute Gasteiger partial charge is 0.310 e. The van der Waals surface area contributed by atoms with Crippen molar-refractivity contribution in [2.75, 3.05) is 28.4 Å². The van der Waals surface area contributed by atoms with Gasteiger partial charge in [0.2, 0.25) is 0 Å². The molecule has 0 radical (unpaired) electrons. The maximum atomic E-state index is 13.1. The minimum atomic E-state index is -1.17. The highest BCUT2D eigenvalue weighted by Gasteiger charge is 2.76. The van der Waals surface area contributed by atoms with E-state index in [2.05, 4.69) is 18.9 Å². The Balaban J connectivity index is 2.02. The van der Waals surface area contributed by atoms with Crippen molar-refractivity contribution >= 4 is 35.4 Å². The van der Waals surface area contributed by atoms with Crippen LogP contribution in [0.1, 0.15) is 0 Å². The van der Waals surface area contributed by atoms with Crippen molar-refractivity contribution in [3.8, 4) is 0 Å². The third kappa shape index (κ3) is 2.39. The molecule has 10 heteroatoms. The molecule has 3 saturated carbocycles. The van der Waals surface area contributed by atoms with Crippen LogP contribution in [-0.2, 0) is 47.7 Å². The summed E-state index contributed by atoms with van der Waals surface area (Å²) in [5, 5.41) is 0. The van der Waals surface area contributed by atoms with E-state index in [-0.39, 0.29) is 0 Å². The zero-order chi connectivity index (χ0) is 20.9. The van der Waals surface area contributed by atoms with Crippen LogP contribution in [0.3, 0.4) is 0 Å². The Bertz CT molecular complexity index is 646. The van der Waals surface area contributed by atoms with Crippen LogP contribution in [0.5, 0.6) is 0 Å². The highest BCUT2D eigenvalue weighted by molar-refractivity contribution is 6.12. The summed E-state index contributed by atoms with van der Waals surface area (Å²) < 4.78 is 18.8. The second-order valence-electron chi connectivity index (χ2n) is 7.10. The number of carbonyl (C=O) groups is 6. The first-order chi connectivity index (χ1) is 13.3. The molecule has 0 spiro atoms. The van der Waals surface area contributed by atoms with Crippen molar-refractivity contribution in [2.24, 2.45) is 47.3 Å². The molecule has 0 aromatic rings. The van der Waals surface area contributed by atoms with Crippen molar-refractivity contribution in [1.29, 1.82) is 0 Å². The summed E-state index contributed by atoms with van der Waals surface area (Å²) in [4.78, 5) is 74.9. The molecule has 3 rings (SSSR count). The lowest BCUT2D eigenvalue weighted by atomic mass is 9.39. The quantitative estimate of drug-likeness (QED) is 0.420. The summed E-state index contributed by atoms with van der Waals surface area (Å²) >= 11 is 0. The number of methoxy groups -OCH3 is 4. The fourth-order valence-corrected chi connectivity index (χ4v) is 5.07. The van der Waals surface area contributed by atoms with E-state index in [0.717, 1.165) is 28.4 Å². The highest BCUT2D eigenvalue weighted by Crippen LogP contribution is 2.62. The van der Waals surface area contributed by atoms with Gasteiger partial charge in [-0.3, -0.25) is 28.8 Å². The fourth-order valence-electron chi connectivity index (χ4n) is 5.07. The molecule has 0 aromatic heterocycles. The third-order valence-electron chi connectivity index (χ3n) is 6.30. The van der Waals surface area contributed by atoms with Gasteiger partial charge < -0.3 is 18.9 Å².